The Morgan fingerprint density at radius 1 is 1.07 bits per heavy atom. The highest BCUT2D eigenvalue weighted by molar-refractivity contribution is 5.98. The molecular formula is C16H14N4O8. The summed E-state index contributed by atoms with van der Waals surface area (Å²) in [5.41, 5.74) is 4.84. The monoisotopic (exact) mass is 390 g/mol. The zero-order valence-corrected chi connectivity index (χ0v) is 14.6. The summed E-state index contributed by atoms with van der Waals surface area (Å²) in [7, 11) is 2.81. The average molecular weight is 390 g/mol. The van der Waals surface area contributed by atoms with E-state index in [-0.39, 0.29) is 17.0 Å². The Bertz CT molecular complexity index is 977. The number of hydrogen-bond donors (Lipinski definition) is 2. The molecule has 146 valence electrons. The zero-order chi connectivity index (χ0) is 20.4. The van der Waals surface area contributed by atoms with Gasteiger partial charge in [-0.15, -0.1) is 0 Å². The van der Waals surface area contributed by atoms with E-state index in [4.69, 9.17) is 14.2 Å². The van der Waals surface area contributed by atoms with E-state index >= 15 is 0 Å². The lowest BCUT2D eigenvalue weighted by atomic mass is 10.1. The van der Waals surface area contributed by atoms with Crippen LogP contribution in [0.1, 0.15) is 22.1 Å². The third-order valence-corrected chi connectivity index (χ3v) is 4.02. The SMILES string of the molecule is COc1ccc2c(c1OC)C(=O)O[C@H]2NNc1ccc([N+](=O)[O-])cc1[N+](=O)[O-]. The van der Waals surface area contributed by atoms with Crippen molar-refractivity contribution in [1.29, 1.82) is 0 Å². The highest BCUT2D eigenvalue weighted by Crippen LogP contribution is 2.41. The largest absolute Gasteiger partial charge is 0.493 e. The van der Waals surface area contributed by atoms with Crippen LogP contribution in [0.3, 0.4) is 0 Å². The first-order valence-electron chi connectivity index (χ1n) is 7.77. The molecule has 0 amide bonds. The Balaban J connectivity index is 1.87. The molecule has 0 aliphatic carbocycles. The lowest BCUT2D eigenvalue weighted by Crippen LogP contribution is -2.27. The van der Waals surface area contributed by atoms with Crippen LogP contribution >= 0.6 is 0 Å². The maximum Gasteiger partial charge on any atom is 0.344 e. The molecule has 1 aliphatic rings. The number of methoxy groups -OCH3 is 2. The normalized spacial score (nSPS) is 14.8. The van der Waals surface area contributed by atoms with Crippen molar-refractivity contribution in [2.75, 3.05) is 19.6 Å². The summed E-state index contributed by atoms with van der Waals surface area (Å²) in [4.78, 5) is 32.7. The number of non-ortho nitro benzene ring substituents is 1. The molecule has 1 heterocycles. The average Bonchev–Trinajstić information content (AvgIpc) is 3.01. The molecule has 0 saturated carbocycles. The van der Waals surface area contributed by atoms with E-state index in [1.165, 1.54) is 20.3 Å². The van der Waals surface area contributed by atoms with Gasteiger partial charge in [0.1, 0.15) is 11.3 Å². The van der Waals surface area contributed by atoms with Gasteiger partial charge >= 0.3 is 11.7 Å². The Labute approximate surface area is 157 Å². The van der Waals surface area contributed by atoms with Gasteiger partial charge < -0.3 is 19.6 Å². The number of anilines is 1. The molecule has 0 fully saturated rings. The molecule has 1 aliphatic heterocycles. The summed E-state index contributed by atoms with van der Waals surface area (Å²) < 4.78 is 15.6. The van der Waals surface area contributed by atoms with Crippen molar-refractivity contribution in [3.05, 3.63) is 61.7 Å². The lowest BCUT2D eigenvalue weighted by molar-refractivity contribution is -0.393. The van der Waals surface area contributed by atoms with Crippen molar-refractivity contribution in [2.24, 2.45) is 0 Å². The summed E-state index contributed by atoms with van der Waals surface area (Å²) >= 11 is 0. The fourth-order valence-corrected chi connectivity index (χ4v) is 2.74. The number of ether oxygens (including phenoxy) is 3. The minimum absolute atomic E-state index is 0.0411. The number of fused-ring (bicyclic) bond motifs is 1. The van der Waals surface area contributed by atoms with Crippen molar-refractivity contribution in [1.82, 2.24) is 5.43 Å². The van der Waals surface area contributed by atoms with Crippen LogP contribution in [0.2, 0.25) is 0 Å². The number of carbonyl (C=O) groups is 1. The molecule has 0 aromatic heterocycles. The topological polar surface area (TPSA) is 155 Å². The van der Waals surface area contributed by atoms with E-state index < -0.39 is 33.4 Å². The van der Waals surface area contributed by atoms with Crippen LogP contribution in [0.4, 0.5) is 17.1 Å². The summed E-state index contributed by atoms with van der Waals surface area (Å²) in [6.45, 7) is 0. The number of nitrogens with one attached hydrogen (secondary N) is 2. The number of nitrogens with zero attached hydrogens (tertiary/aromatic N) is 2. The third kappa shape index (κ3) is 3.23. The predicted octanol–water partition coefficient (Wildman–Crippen LogP) is 2.31. The maximum atomic E-state index is 12.2. The highest BCUT2D eigenvalue weighted by atomic mass is 16.6. The van der Waals surface area contributed by atoms with Gasteiger partial charge in [-0.1, -0.05) is 0 Å². The molecule has 1 atom stereocenters. The molecular weight excluding hydrogens is 376 g/mol. The van der Waals surface area contributed by atoms with Gasteiger partial charge in [0.25, 0.3) is 5.69 Å². The molecule has 2 N–H and O–H groups in total. The fraction of sp³-hybridized carbons (Fsp3) is 0.188. The van der Waals surface area contributed by atoms with Gasteiger partial charge in [-0.3, -0.25) is 20.2 Å². The van der Waals surface area contributed by atoms with Gasteiger partial charge in [0.2, 0.25) is 0 Å². The van der Waals surface area contributed by atoms with Crippen LogP contribution < -0.4 is 20.3 Å². The number of cyclic esters (lactones) is 1. The third-order valence-electron chi connectivity index (χ3n) is 4.02. The molecule has 28 heavy (non-hydrogen) atoms. The number of nitro groups is 2. The number of hydrogen-bond acceptors (Lipinski definition) is 10. The Morgan fingerprint density at radius 3 is 2.43 bits per heavy atom. The van der Waals surface area contributed by atoms with E-state index in [1.54, 1.807) is 12.1 Å². The van der Waals surface area contributed by atoms with Crippen molar-refractivity contribution >= 4 is 23.0 Å². The van der Waals surface area contributed by atoms with Crippen molar-refractivity contribution in [2.45, 2.75) is 6.23 Å². The molecule has 3 rings (SSSR count). The fourth-order valence-electron chi connectivity index (χ4n) is 2.74. The smallest absolute Gasteiger partial charge is 0.344 e. The molecule has 0 unspecified atom stereocenters. The Morgan fingerprint density at radius 2 is 1.82 bits per heavy atom. The van der Waals surface area contributed by atoms with E-state index in [1.807, 2.05) is 0 Å². The summed E-state index contributed by atoms with van der Waals surface area (Å²) in [6, 6.07) is 6.29. The van der Waals surface area contributed by atoms with Gasteiger partial charge in [0.05, 0.1) is 30.1 Å². The predicted molar refractivity (Wildman–Crippen MR) is 94.2 cm³/mol. The first-order chi connectivity index (χ1) is 13.4. The number of carbonyl (C=O) groups excluding carboxylic acids is 1. The van der Waals surface area contributed by atoms with Crippen LogP contribution in [0.25, 0.3) is 0 Å². The maximum absolute atomic E-state index is 12.2. The molecule has 2 aromatic rings. The second-order valence-electron chi connectivity index (χ2n) is 5.54. The standard InChI is InChI=1S/C16H14N4O8/c1-26-12-6-4-9-13(14(12)27-2)16(21)28-15(9)18-17-10-5-3-8(19(22)23)7-11(10)20(24)25/h3-7,15,17-18H,1-2H3/t15-/m1/s1. The molecule has 0 radical (unpaired) electrons. The van der Waals surface area contributed by atoms with Crippen LogP contribution in [-0.2, 0) is 4.74 Å². The molecule has 0 saturated heterocycles. The first kappa shape index (κ1) is 18.8. The molecule has 12 heteroatoms. The Hall–Kier alpha value is -3.93. The van der Waals surface area contributed by atoms with Crippen LogP contribution in [-0.4, -0.2) is 30.0 Å². The quantitative estimate of drug-likeness (QED) is 0.408. The van der Waals surface area contributed by atoms with Gasteiger partial charge in [0.15, 0.2) is 17.7 Å². The number of hydrazine groups is 1. The second kappa shape index (κ2) is 7.36. The van der Waals surface area contributed by atoms with Crippen molar-refractivity contribution in [3.8, 4) is 11.5 Å². The molecule has 0 bridgehead atoms. The highest BCUT2D eigenvalue weighted by Gasteiger charge is 2.36. The number of esters is 1. The summed E-state index contributed by atoms with van der Waals surface area (Å²) in [5, 5.41) is 22.0. The van der Waals surface area contributed by atoms with Crippen molar-refractivity contribution in [3.63, 3.8) is 0 Å². The minimum atomic E-state index is -0.975. The Kier molecular flexibility index (Phi) is 4.96. The zero-order valence-electron chi connectivity index (χ0n) is 14.6. The molecule has 0 spiro atoms. The van der Waals surface area contributed by atoms with E-state index in [9.17, 15) is 25.0 Å². The van der Waals surface area contributed by atoms with Gasteiger partial charge in [-0.2, -0.15) is 5.43 Å². The van der Waals surface area contributed by atoms with Crippen molar-refractivity contribution < 1.29 is 28.9 Å². The second-order valence-corrected chi connectivity index (χ2v) is 5.54. The van der Waals surface area contributed by atoms with Crippen LogP contribution in [0.5, 0.6) is 11.5 Å². The first-order valence-corrected chi connectivity index (χ1v) is 7.77. The van der Waals surface area contributed by atoms with Crippen LogP contribution in [0, 0.1) is 20.2 Å². The summed E-state index contributed by atoms with van der Waals surface area (Å²) in [6.07, 6.45) is -0.975. The molecule has 12 nitrogen and oxygen atoms in total. The van der Waals surface area contributed by atoms with Gasteiger partial charge in [-0.05, 0) is 18.2 Å². The number of rotatable bonds is 7. The minimum Gasteiger partial charge on any atom is -0.493 e. The molecule has 2 aromatic carbocycles. The van der Waals surface area contributed by atoms with Crippen LogP contribution in [0.15, 0.2) is 30.3 Å². The van der Waals surface area contributed by atoms with E-state index in [2.05, 4.69) is 10.9 Å². The summed E-state index contributed by atoms with van der Waals surface area (Å²) in [5.74, 6) is -0.114. The van der Waals surface area contributed by atoms with Gasteiger partial charge in [0, 0.05) is 11.6 Å². The number of benzene rings is 2. The van der Waals surface area contributed by atoms with E-state index in [0.29, 0.717) is 11.3 Å². The number of nitro benzene ring substituents is 2. The lowest BCUT2D eigenvalue weighted by Gasteiger charge is -2.15. The van der Waals surface area contributed by atoms with Gasteiger partial charge in [-0.25, -0.2) is 4.79 Å². The van der Waals surface area contributed by atoms with E-state index in [0.717, 1.165) is 12.1 Å².